The van der Waals surface area contributed by atoms with Gasteiger partial charge < -0.3 is 0 Å². The van der Waals surface area contributed by atoms with Gasteiger partial charge in [0.05, 0.1) is 0 Å². The molecule has 0 unspecified atom stereocenters. The molecule has 8 aliphatic carbocycles. The molecule has 23 heavy (non-hydrogen) atoms. The van der Waals surface area contributed by atoms with Crippen LogP contribution in [-0.2, 0) is 0 Å². The lowest BCUT2D eigenvalue weighted by Crippen LogP contribution is -2.58. The first kappa shape index (κ1) is 14.2. The minimum atomic E-state index is 0.815. The van der Waals surface area contributed by atoms with Gasteiger partial charge in [0.2, 0.25) is 0 Å². The highest BCUT2D eigenvalue weighted by Crippen LogP contribution is 2.71. The topological polar surface area (TPSA) is 0 Å². The third-order valence-electron chi connectivity index (χ3n) is 10.1. The molecular weight excluding hydrogens is 276 g/mol. The molecule has 8 saturated carbocycles. The van der Waals surface area contributed by atoms with E-state index in [1.54, 1.807) is 77.0 Å². The second-order valence-corrected chi connectivity index (χ2v) is 11.5. The molecule has 8 aliphatic rings. The highest BCUT2D eigenvalue weighted by molar-refractivity contribution is 5.11. The van der Waals surface area contributed by atoms with Gasteiger partial charge in [0.15, 0.2) is 0 Å². The van der Waals surface area contributed by atoms with Crippen LogP contribution in [0.3, 0.4) is 0 Å². The molecule has 8 bridgehead atoms. The van der Waals surface area contributed by atoms with Crippen LogP contribution in [0.4, 0.5) is 0 Å². The summed E-state index contributed by atoms with van der Waals surface area (Å²) in [6.45, 7) is 2.59. The Hall–Kier alpha value is 0. The van der Waals surface area contributed by atoms with E-state index >= 15 is 0 Å². The first-order chi connectivity index (χ1) is 11.2. The monoisotopic (exact) mass is 312 g/mol. The maximum atomic E-state index is 2.59. The smallest absolute Gasteiger partial charge is 0.0256 e. The minimum Gasteiger partial charge on any atom is -0.0651 e. The Kier molecular flexibility index (Phi) is 2.83. The summed E-state index contributed by atoms with van der Waals surface area (Å²) in [7, 11) is 0. The first-order valence-electron chi connectivity index (χ1n) is 11.2. The molecule has 0 radical (unpaired) electrons. The van der Waals surface area contributed by atoms with E-state index in [0.717, 1.165) is 52.3 Å². The zero-order valence-electron chi connectivity index (χ0n) is 15.2. The minimum absolute atomic E-state index is 0.815. The van der Waals surface area contributed by atoms with E-state index in [4.69, 9.17) is 0 Å². The molecule has 0 heterocycles. The molecule has 0 aliphatic heterocycles. The summed E-state index contributed by atoms with van der Waals surface area (Å²) < 4.78 is 0. The molecule has 128 valence electrons. The van der Waals surface area contributed by atoms with Crippen LogP contribution in [0.5, 0.6) is 0 Å². The van der Waals surface area contributed by atoms with Crippen LogP contribution in [-0.4, -0.2) is 0 Å². The zero-order chi connectivity index (χ0) is 15.2. The highest BCUT2D eigenvalue weighted by atomic mass is 14.7. The van der Waals surface area contributed by atoms with E-state index in [1.807, 2.05) is 0 Å². The quantitative estimate of drug-likeness (QED) is 0.562. The zero-order valence-corrected chi connectivity index (χ0v) is 15.2. The van der Waals surface area contributed by atoms with E-state index < -0.39 is 0 Å². The van der Waals surface area contributed by atoms with E-state index in [9.17, 15) is 0 Å². The summed E-state index contributed by atoms with van der Waals surface area (Å²) in [5, 5.41) is 0. The highest BCUT2D eigenvalue weighted by Gasteiger charge is 2.61. The predicted molar refractivity (Wildman–Crippen MR) is 95.0 cm³/mol. The van der Waals surface area contributed by atoms with Gasteiger partial charge in [0.1, 0.15) is 0 Å². The van der Waals surface area contributed by atoms with Crippen molar-refractivity contribution in [2.45, 2.75) is 90.4 Å². The second kappa shape index (κ2) is 4.59. The van der Waals surface area contributed by atoms with Crippen molar-refractivity contribution in [1.82, 2.24) is 0 Å². The van der Waals surface area contributed by atoms with Crippen LogP contribution < -0.4 is 0 Å². The van der Waals surface area contributed by atoms with Gasteiger partial charge in [-0.25, -0.2) is 0 Å². The van der Waals surface area contributed by atoms with Gasteiger partial charge in [-0.15, -0.1) is 0 Å². The van der Waals surface area contributed by atoms with Crippen LogP contribution >= 0.6 is 0 Å². The Morgan fingerprint density at radius 1 is 0.565 bits per heavy atom. The van der Waals surface area contributed by atoms with Crippen LogP contribution in [0.2, 0.25) is 0 Å². The van der Waals surface area contributed by atoms with Crippen molar-refractivity contribution in [2.75, 3.05) is 0 Å². The fourth-order valence-corrected chi connectivity index (χ4v) is 10.7. The maximum Gasteiger partial charge on any atom is -0.0256 e. The van der Waals surface area contributed by atoms with E-state index in [0.29, 0.717) is 0 Å². The standard InChI is InChI=1S/C23H36/c1-2-21(22-9-15-3-16(10-22)5-17(4-15)11-22)23-12-18-6-19(13-23)8-20(7-18)14-23/h15-21H,2-14H2,1H3. The predicted octanol–water partition coefficient (Wildman–Crippen LogP) is 6.45. The van der Waals surface area contributed by atoms with Crippen molar-refractivity contribution in [3.8, 4) is 0 Å². The molecule has 0 atom stereocenters. The SMILES string of the molecule is CCC(C12CC3CC(CC(C3)C1)C2)C12CC3CC(CC(C3)C1)C2. The van der Waals surface area contributed by atoms with E-state index in [1.165, 1.54) is 6.42 Å². The van der Waals surface area contributed by atoms with Crippen molar-refractivity contribution in [3.63, 3.8) is 0 Å². The Morgan fingerprint density at radius 2 is 0.826 bits per heavy atom. The van der Waals surface area contributed by atoms with Gasteiger partial charge >= 0.3 is 0 Å². The second-order valence-electron chi connectivity index (χ2n) is 11.5. The lowest BCUT2D eigenvalue weighted by atomic mass is 9.38. The molecule has 8 rings (SSSR count). The van der Waals surface area contributed by atoms with Crippen LogP contribution in [0, 0.1) is 52.3 Å². The average Bonchev–Trinajstić information content (AvgIpc) is 2.43. The van der Waals surface area contributed by atoms with E-state index in [2.05, 4.69) is 6.92 Å². The van der Waals surface area contributed by atoms with Crippen LogP contribution in [0.1, 0.15) is 90.4 Å². The van der Waals surface area contributed by atoms with Gasteiger partial charge in [0, 0.05) is 0 Å². The van der Waals surface area contributed by atoms with Crippen LogP contribution in [0.25, 0.3) is 0 Å². The summed E-state index contributed by atoms with van der Waals surface area (Å²) in [6.07, 6.45) is 21.2. The average molecular weight is 313 g/mol. The maximum absolute atomic E-state index is 2.59. The lowest BCUT2D eigenvalue weighted by Gasteiger charge is -2.67. The molecule has 0 nitrogen and oxygen atoms in total. The summed E-state index contributed by atoms with van der Waals surface area (Å²) >= 11 is 0. The summed E-state index contributed by atoms with van der Waals surface area (Å²) in [6, 6.07) is 0. The van der Waals surface area contributed by atoms with Crippen molar-refractivity contribution in [2.24, 2.45) is 52.3 Å². The normalized spacial score (nSPS) is 60.4. The molecule has 0 N–H and O–H groups in total. The number of hydrogen-bond acceptors (Lipinski definition) is 0. The van der Waals surface area contributed by atoms with Gasteiger partial charge in [-0.05, 0) is 129 Å². The Bertz CT molecular complexity index is 386. The molecule has 0 aromatic rings. The number of hydrogen-bond donors (Lipinski definition) is 0. The molecule has 0 spiro atoms. The fourth-order valence-electron chi connectivity index (χ4n) is 10.7. The molecular formula is C23H36. The number of rotatable bonds is 3. The van der Waals surface area contributed by atoms with Crippen LogP contribution in [0.15, 0.2) is 0 Å². The van der Waals surface area contributed by atoms with Crippen molar-refractivity contribution in [3.05, 3.63) is 0 Å². The van der Waals surface area contributed by atoms with Crippen molar-refractivity contribution in [1.29, 1.82) is 0 Å². The first-order valence-corrected chi connectivity index (χ1v) is 11.2. The lowest BCUT2D eigenvalue weighted by molar-refractivity contribution is -0.172. The summed E-state index contributed by atoms with van der Waals surface area (Å²) in [4.78, 5) is 0. The van der Waals surface area contributed by atoms with Gasteiger partial charge in [-0.2, -0.15) is 0 Å². The Morgan fingerprint density at radius 3 is 1.04 bits per heavy atom. The summed E-state index contributed by atoms with van der Waals surface area (Å²) in [5.74, 6) is 7.96. The molecule has 0 amide bonds. The molecule has 0 aromatic heterocycles. The summed E-state index contributed by atoms with van der Waals surface area (Å²) in [5.41, 5.74) is 1.63. The molecule has 8 fully saturated rings. The van der Waals surface area contributed by atoms with E-state index in [-0.39, 0.29) is 0 Å². The third kappa shape index (κ3) is 1.90. The third-order valence-corrected chi connectivity index (χ3v) is 10.1. The fraction of sp³-hybridized carbons (Fsp3) is 1.00. The van der Waals surface area contributed by atoms with Crippen molar-refractivity contribution >= 4 is 0 Å². The van der Waals surface area contributed by atoms with Crippen molar-refractivity contribution < 1.29 is 0 Å². The molecule has 0 aromatic carbocycles. The van der Waals surface area contributed by atoms with Gasteiger partial charge in [-0.3, -0.25) is 0 Å². The molecule has 0 heteroatoms. The van der Waals surface area contributed by atoms with Gasteiger partial charge in [0.25, 0.3) is 0 Å². The Balaban J connectivity index is 1.38. The van der Waals surface area contributed by atoms with Gasteiger partial charge in [-0.1, -0.05) is 13.3 Å². The molecule has 0 saturated heterocycles. The Labute approximate surface area is 143 Å². The largest absolute Gasteiger partial charge is 0.0651 e.